The molecule has 14 nitrogen and oxygen atoms in total. The van der Waals surface area contributed by atoms with Crippen molar-refractivity contribution in [1.29, 1.82) is 0 Å². The Labute approximate surface area is 303 Å². The van der Waals surface area contributed by atoms with Gasteiger partial charge in [0.25, 0.3) is 0 Å². The van der Waals surface area contributed by atoms with Crippen LogP contribution in [0.15, 0.2) is 78.9 Å². The van der Waals surface area contributed by atoms with Crippen LogP contribution in [0.3, 0.4) is 0 Å². The number of carbonyl (C=O) groups excluding carboxylic acids is 4. The number of rotatable bonds is 20. The minimum atomic E-state index is -1.25. The van der Waals surface area contributed by atoms with Gasteiger partial charge in [0.15, 0.2) is 0 Å². The number of amides is 4. The van der Waals surface area contributed by atoms with E-state index in [1.807, 2.05) is 30.3 Å². The summed E-state index contributed by atoms with van der Waals surface area (Å²) in [4.78, 5) is 66.5. The zero-order valence-electron chi connectivity index (χ0n) is 29.5. The summed E-state index contributed by atoms with van der Waals surface area (Å²) in [5, 5.41) is 39.9. The van der Waals surface area contributed by atoms with Gasteiger partial charge < -0.3 is 48.1 Å². The largest absolute Gasteiger partial charge is 0.508 e. The van der Waals surface area contributed by atoms with Crippen molar-refractivity contribution in [1.82, 2.24) is 21.3 Å². The predicted octanol–water partition coefficient (Wildman–Crippen LogP) is 1.26. The summed E-state index contributed by atoms with van der Waals surface area (Å²) >= 11 is 0. The highest BCUT2D eigenvalue weighted by molar-refractivity contribution is 5.95. The first kappa shape index (κ1) is 41.0. The van der Waals surface area contributed by atoms with Crippen LogP contribution in [-0.2, 0) is 43.2 Å². The topological polar surface area (TPSA) is 246 Å². The summed E-state index contributed by atoms with van der Waals surface area (Å²) in [5.74, 6) is -4.45. The molecule has 0 unspecified atom stereocenters. The quantitative estimate of drug-likeness (QED) is 0.0757. The van der Waals surface area contributed by atoms with E-state index in [0.717, 1.165) is 5.56 Å². The number of aromatic hydroxyl groups is 2. The molecule has 280 valence electrons. The van der Waals surface area contributed by atoms with Gasteiger partial charge in [-0.1, -0.05) is 68.4 Å². The maximum Gasteiger partial charge on any atom is 0.326 e. The highest BCUT2D eigenvalue weighted by Crippen LogP contribution is 2.15. The van der Waals surface area contributed by atoms with E-state index in [4.69, 9.17) is 11.5 Å². The van der Waals surface area contributed by atoms with Gasteiger partial charge >= 0.3 is 5.97 Å². The van der Waals surface area contributed by atoms with Crippen LogP contribution in [0.5, 0.6) is 11.5 Å². The number of hydrogen-bond donors (Lipinski definition) is 9. The maximum atomic E-state index is 13.9. The zero-order valence-corrected chi connectivity index (χ0v) is 29.5. The first-order chi connectivity index (χ1) is 24.8. The van der Waals surface area contributed by atoms with Gasteiger partial charge in [0.1, 0.15) is 35.7 Å². The lowest BCUT2D eigenvalue weighted by Crippen LogP contribution is -2.60. The summed E-state index contributed by atoms with van der Waals surface area (Å²) in [6.45, 7) is 3.75. The van der Waals surface area contributed by atoms with E-state index in [1.54, 1.807) is 38.1 Å². The van der Waals surface area contributed by atoms with Gasteiger partial charge in [-0.05, 0) is 79.1 Å². The third kappa shape index (κ3) is 13.3. The maximum absolute atomic E-state index is 13.9. The Kier molecular flexibility index (Phi) is 16.1. The Morgan fingerprint density at radius 1 is 0.596 bits per heavy atom. The minimum Gasteiger partial charge on any atom is -0.508 e. The molecular formula is C38H50N6O8. The molecule has 0 aromatic heterocycles. The number of carboxylic acids is 1. The van der Waals surface area contributed by atoms with Crippen LogP contribution < -0.4 is 32.7 Å². The standard InChI is InChI=1S/C38H50N6O8/c1-23(2)33(37(50)43-31(21-25-11-15-27(45)16-12-25)35(48)41-30(38(51)52)10-6-7-19-39)44-36(49)32(22-26-13-17-28(46)18-14-26)42-34(47)29(40)20-24-8-4-3-5-9-24/h3-5,8-9,11-18,23,29-33,45-46H,6-7,10,19-22,39-40H2,1-2H3,(H,41,48)(H,42,47)(H,43,50)(H,44,49)(H,51,52)/t29-,30-,31-,32-,33-/m0/s1. The highest BCUT2D eigenvalue weighted by Gasteiger charge is 2.33. The van der Waals surface area contributed by atoms with Gasteiger partial charge in [-0.2, -0.15) is 0 Å². The van der Waals surface area contributed by atoms with Crippen molar-refractivity contribution in [3.63, 3.8) is 0 Å². The van der Waals surface area contributed by atoms with E-state index >= 15 is 0 Å². The second-order valence-electron chi connectivity index (χ2n) is 13.1. The molecule has 0 spiro atoms. The molecule has 0 bridgehead atoms. The van der Waals surface area contributed by atoms with Crippen molar-refractivity contribution in [2.75, 3.05) is 6.54 Å². The van der Waals surface area contributed by atoms with Crippen LogP contribution in [-0.4, -0.2) is 81.7 Å². The van der Waals surface area contributed by atoms with Gasteiger partial charge in [-0.15, -0.1) is 0 Å². The average Bonchev–Trinajstić information content (AvgIpc) is 3.11. The molecule has 0 heterocycles. The van der Waals surface area contributed by atoms with E-state index in [9.17, 15) is 39.3 Å². The van der Waals surface area contributed by atoms with Crippen LogP contribution >= 0.6 is 0 Å². The molecule has 3 aromatic rings. The lowest BCUT2D eigenvalue weighted by molar-refractivity contribution is -0.142. The molecule has 0 saturated heterocycles. The van der Waals surface area contributed by atoms with Crippen molar-refractivity contribution >= 4 is 29.6 Å². The summed E-state index contributed by atoms with van der Waals surface area (Å²) in [6, 6.07) is 15.4. The Hall–Kier alpha value is -5.47. The molecule has 0 aliphatic heterocycles. The van der Waals surface area contributed by atoms with Crippen LogP contribution in [0.2, 0.25) is 0 Å². The molecule has 0 radical (unpaired) electrons. The number of nitrogens with two attached hydrogens (primary N) is 2. The third-order valence-electron chi connectivity index (χ3n) is 8.46. The fourth-order valence-corrected chi connectivity index (χ4v) is 5.47. The Morgan fingerprint density at radius 2 is 1.06 bits per heavy atom. The van der Waals surface area contributed by atoms with E-state index in [1.165, 1.54) is 24.3 Å². The molecule has 3 rings (SSSR count). The second kappa shape index (κ2) is 20.4. The molecule has 0 aliphatic rings. The molecule has 5 atom stereocenters. The molecule has 52 heavy (non-hydrogen) atoms. The van der Waals surface area contributed by atoms with Crippen molar-refractivity contribution in [3.8, 4) is 11.5 Å². The average molecular weight is 719 g/mol. The SMILES string of the molecule is CC(C)[C@H](NC(=O)[C@H](Cc1ccc(O)cc1)NC(=O)[C@@H](N)Cc1ccccc1)C(=O)N[C@@H](Cc1ccc(O)cc1)C(=O)N[C@@H](CCCCN)C(=O)O. The van der Waals surface area contributed by atoms with Gasteiger partial charge in [0.05, 0.1) is 6.04 Å². The van der Waals surface area contributed by atoms with Gasteiger partial charge in [0, 0.05) is 12.8 Å². The molecule has 14 heteroatoms. The molecule has 11 N–H and O–H groups in total. The van der Waals surface area contributed by atoms with Crippen molar-refractivity contribution in [2.24, 2.45) is 17.4 Å². The third-order valence-corrected chi connectivity index (χ3v) is 8.46. The van der Waals surface area contributed by atoms with E-state index in [-0.39, 0.29) is 37.2 Å². The first-order valence-corrected chi connectivity index (χ1v) is 17.3. The number of benzene rings is 3. The van der Waals surface area contributed by atoms with Crippen LogP contribution in [0, 0.1) is 5.92 Å². The van der Waals surface area contributed by atoms with E-state index in [2.05, 4.69) is 21.3 Å². The molecule has 0 aliphatic carbocycles. The monoisotopic (exact) mass is 718 g/mol. The van der Waals surface area contributed by atoms with E-state index < -0.39 is 65.7 Å². The van der Waals surface area contributed by atoms with Gasteiger partial charge in [0.2, 0.25) is 23.6 Å². The summed E-state index contributed by atoms with van der Waals surface area (Å²) in [5.41, 5.74) is 13.8. The number of unbranched alkanes of at least 4 members (excludes halogenated alkanes) is 1. The normalized spacial score (nSPS) is 13.9. The Balaban J connectivity index is 1.83. The second-order valence-corrected chi connectivity index (χ2v) is 13.1. The van der Waals surface area contributed by atoms with Crippen molar-refractivity contribution < 1.29 is 39.3 Å². The number of aliphatic carboxylic acids is 1. The first-order valence-electron chi connectivity index (χ1n) is 17.3. The number of carbonyl (C=O) groups is 5. The molecular weight excluding hydrogens is 668 g/mol. The number of hydrogen-bond acceptors (Lipinski definition) is 9. The molecule has 4 amide bonds. The van der Waals surface area contributed by atoms with Crippen molar-refractivity contribution in [3.05, 3.63) is 95.6 Å². The molecule has 3 aromatic carbocycles. The fraction of sp³-hybridized carbons (Fsp3) is 0.395. The lowest BCUT2D eigenvalue weighted by Gasteiger charge is -2.28. The van der Waals surface area contributed by atoms with Crippen molar-refractivity contribution in [2.45, 2.75) is 82.6 Å². The summed E-state index contributed by atoms with van der Waals surface area (Å²) in [7, 11) is 0. The number of carboxylic acid groups (broad SMARTS) is 1. The van der Waals surface area contributed by atoms with Gasteiger partial charge in [-0.25, -0.2) is 4.79 Å². The molecule has 0 saturated carbocycles. The number of phenolic OH excluding ortho intramolecular Hbond substituents is 2. The van der Waals surface area contributed by atoms with Crippen LogP contribution in [0.25, 0.3) is 0 Å². The number of nitrogens with one attached hydrogen (secondary N) is 4. The predicted molar refractivity (Wildman–Crippen MR) is 195 cm³/mol. The molecule has 0 fully saturated rings. The highest BCUT2D eigenvalue weighted by atomic mass is 16.4. The van der Waals surface area contributed by atoms with Crippen LogP contribution in [0.1, 0.15) is 49.8 Å². The lowest BCUT2D eigenvalue weighted by atomic mass is 9.99. The van der Waals surface area contributed by atoms with Crippen LogP contribution in [0.4, 0.5) is 0 Å². The fourth-order valence-electron chi connectivity index (χ4n) is 5.47. The van der Waals surface area contributed by atoms with Gasteiger partial charge in [-0.3, -0.25) is 19.2 Å². The van der Waals surface area contributed by atoms with E-state index in [0.29, 0.717) is 30.5 Å². The smallest absolute Gasteiger partial charge is 0.326 e. The number of phenols is 2. The minimum absolute atomic E-state index is 0.00260. The Bertz CT molecular complexity index is 1620. The summed E-state index contributed by atoms with van der Waals surface area (Å²) in [6.07, 6.45) is 1.34. The zero-order chi connectivity index (χ0) is 38.2. The summed E-state index contributed by atoms with van der Waals surface area (Å²) < 4.78 is 0. The Morgan fingerprint density at radius 3 is 1.54 bits per heavy atom.